The highest BCUT2D eigenvalue weighted by molar-refractivity contribution is 5.92. The molecule has 0 fully saturated rings. The van der Waals surface area contributed by atoms with Crippen molar-refractivity contribution >= 4 is 23.7 Å². The van der Waals surface area contributed by atoms with Crippen molar-refractivity contribution < 1.29 is 40.7 Å². The van der Waals surface area contributed by atoms with Crippen LogP contribution in [0.1, 0.15) is 10.5 Å². The number of nitrogens with one attached hydrogen (secondary N) is 1. The molecular weight excluding hydrogens is 762 g/mol. The monoisotopic (exact) mass is 788 g/mol. The van der Waals surface area contributed by atoms with Gasteiger partial charge in [-0.05, 0) is 72.8 Å². The van der Waals surface area contributed by atoms with E-state index < -0.39 is 43.5 Å². The number of imidazole rings is 4. The van der Waals surface area contributed by atoms with Gasteiger partial charge in [-0.3, -0.25) is 15.0 Å². The number of nitrogen functional groups attached to an aromatic ring is 1. The lowest BCUT2D eigenvalue weighted by Crippen LogP contribution is -2.31. The molecule has 8 aromatic rings. The maximum atomic E-state index is 13.3. The number of carbonyl (C=O) groups excluding carboxylic acids is 2. The van der Waals surface area contributed by atoms with Gasteiger partial charge in [0.2, 0.25) is 5.88 Å². The van der Waals surface area contributed by atoms with E-state index in [2.05, 4.69) is 30.1 Å². The van der Waals surface area contributed by atoms with Crippen LogP contribution in [0.2, 0.25) is 0 Å². The predicted octanol–water partition coefficient (Wildman–Crippen LogP) is 5.47. The number of hydrazine groups is 1. The quantitative estimate of drug-likeness (QED) is 0.0562. The van der Waals surface area contributed by atoms with E-state index in [4.69, 9.17) is 10.6 Å². The number of halogens is 6. The van der Waals surface area contributed by atoms with Crippen molar-refractivity contribution in [3.8, 4) is 51.2 Å². The van der Waals surface area contributed by atoms with Crippen molar-refractivity contribution in [1.29, 1.82) is 0 Å². The minimum absolute atomic E-state index is 0.0765. The second-order valence-corrected chi connectivity index (χ2v) is 11.9. The summed E-state index contributed by atoms with van der Waals surface area (Å²) in [6.45, 7) is -0.961. The Labute approximate surface area is 316 Å². The molecule has 15 nitrogen and oxygen atoms in total. The van der Waals surface area contributed by atoms with Crippen LogP contribution in [-0.4, -0.2) is 73.5 Å². The molecule has 3 N–H and O–H groups in total. The number of carbonyl (C=O) groups is 2. The first-order chi connectivity index (χ1) is 27.5. The highest BCUT2D eigenvalue weighted by Gasteiger charge is 2.22. The lowest BCUT2D eigenvalue weighted by Gasteiger charge is -2.10. The number of fused-ring (bicyclic) bond motifs is 2. The first kappa shape index (κ1) is 37.9. The molecule has 0 atom stereocenters. The van der Waals surface area contributed by atoms with Crippen molar-refractivity contribution in [2.75, 3.05) is 0 Å². The molecule has 0 spiro atoms. The Kier molecular flexibility index (Phi) is 10.7. The van der Waals surface area contributed by atoms with Crippen molar-refractivity contribution in [2.45, 2.75) is 25.9 Å². The molecule has 0 aliphatic heterocycles. The summed E-state index contributed by atoms with van der Waals surface area (Å²) in [5.74, 6) is 3.79. The van der Waals surface area contributed by atoms with Crippen LogP contribution in [0.3, 0.4) is 0 Å². The number of ether oxygens (including phenoxy) is 1. The van der Waals surface area contributed by atoms with Gasteiger partial charge >= 0.3 is 0 Å². The van der Waals surface area contributed by atoms with E-state index in [-0.39, 0.29) is 23.7 Å². The highest BCUT2D eigenvalue weighted by atomic mass is 19.3. The third-order valence-electron chi connectivity index (χ3n) is 8.29. The Bertz CT molecular complexity index is 2690. The predicted molar refractivity (Wildman–Crippen MR) is 190 cm³/mol. The number of nitrogens with two attached hydrogens (primary N) is 1. The summed E-state index contributed by atoms with van der Waals surface area (Å²) in [5.41, 5.74) is 5.84. The fourth-order valence-corrected chi connectivity index (χ4v) is 5.85. The first-order valence-corrected chi connectivity index (χ1v) is 16.5. The number of nitrogens with zero attached hydrogens (tertiary/aromatic N) is 10. The summed E-state index contributed by atoms with van der Waals surface area (Å²) in [7, 11) is 0. The van der Waals surface area contributed by atoms with Crippen LogP contribution in [0, 0.1) is 11.6 Å². The Hall–Kier alpha value is -7.42. The topological polar surface area (TPSA) is 177 Å². The number of rotatable bonds is 11. The molecule has 1 amide bonds. The number of benzene rings is 2. The average Bonchev–Trinajstić information content (AvgIpc) is 4.00. The van der Waals surface area contributed by atoms with Crippen molar-refractivity contribution in [1.82, 2.24) is 53.7 Å². The van der Waals surface area contributed by atoms with E-state index >= 15 is 0 Å². The van der Waals surface area contributed by atoms with Gasteiger partial charge in [-0.2, -0.15) is 14.7 Å². The van der Waals surface area contributed by atoms with Crippen LogP contribution in [0.25, 0.3) is 56.6 Å². The minimum atomic E-state index is -2.63. The number of alkyl halides is 4. The summed E-state index contributed by atoms with van der Waals surface area (Å²) in [5, 5.41) is 8.73. The number of amides is 1. The van der Waals surface area contributed by atoms with Crippen LogP contribution < -0.4 is 16.0 Å². The molecule has 0 bridgehead atoms. The maximum Gasteiger partial charge on any atom is 0.299 e. The van der Waals surface area contributed by atoms with Crippen molar-refractivity contribution in [2.24, 2.45) is 5.84 Å². The third kappa shape index (κ3) is 7.89. The van der Waals surface area contributed by atoms with E-state index in [9.17, 15) is 35.9 Å². The summed E-state index contributed by atoms with van der Waals surface area (Å²) in [6, 6.07) is 17.4. The van der Waals surface area contributed by atoms with Gasteiger partial charge in [0.15, 0.2) is 17.0 Å². The molecule has 0 unspecified atom stereocenters. The Balaban J connectivity index is 0.000000174. The van der Waals surface area contributed by atoms with Gasteiger partial charge in [-0.25, -0.2) is 56.6 Å². The summed E-state index contributed by atoms with van der Waals surface area (Å²) in [4.78, 5) is 39.2. The second-order valence-electron chi connectivity index (χ2n) is 11.9. The molecule has 57 heavy (non-hydrogen) atoms. The fourth-order valence-electron chi connectivity index (χ4n) is 5.85. The molecule has 0 saturated carbocycles. The zero-order valence-electron chi connectivity index (χ0n) is 28.9. The van der Waals surface area contributed by atoms with Gasteiger partial charge in [-0.1, -0.05) is 0 Å². The van der Waals surface area contributed by atoms with E-state index in [0.29, 0.717) is 50.9 Å². The Morgan fingerprint density at radius 2 is 1.16 bits per heavy atom. The van der Waals surface area contributed by atoms with Gasteiger partial charge in [0, 0.05) is 11.1 Å². The van der Waals surface area contributed by atoms with Gasteiger partial charge in [-0.15, -0.1) is 0 Å². The molecular formula is C36H26F6N12O3. The summed E-state index contributed by atoms with van der Waals surface area (Å²) >= 11 is 0. The fraction of sp³-hybridized carbons (Fsp3) is 0.111. The van der Waals surface area contributed by atoms with E-state index in [1.807, 2.05) is 5.43 Å². The Morgan fingerprint density at radius 1 is 0.684 bits per heavy atom. The molecule has 6 heterocycles. The molecule has 8 rings (SSSR count). The first-order valence-electron chi connectivity index (χ1n) is 16.5. The third-order valence-corrected chi connectivity index (χ3v) is 8.29. The number of hydrogen-bond acceptors (Lipinski definition) is 10. The van der Waals surface area contributed by atoms with Crippen LogP contribution in [-0.2, 0) is 17.9 Å². The van der Waals surface area contributed by atoms with E-state index in [0.717, 1.165) is 0 Å². The zero-order chi connectivity index (χ0) is 40.2. The second kappa shape index (κ2) is 16.1. The van der Waals surface area contributed by atoms with E-state index in [1.54, 1.807) is 24.3 Å². The van der Waals surface area contributed by atoms with Crippen LogP contribution >= 0.6 is 0 Å². The zero-order valence-corrected chi connectivity index (χ0v) is 28.9. The average molecular weight is 789 g/mol. The summed E-state index contributed by atoms with van der Waals surface area (Å²) in [6.07, 6.45) is -0.0701. The smallest absolute Gasteiger partial charge is 0.299 e. The van der Waals surface area contributed by atoms with Gasteiger partial charge in [0.1, 0.15) is 23.0 Å². The van der Waals surface area contributed by atoms with Crippen LogP contribution in [0.5, 0.6) is 5.88 Å². The van der Waals surface area contributed by atoms with E-state index in [1.165, 1.54) is 91.7 Å². The largest absolute Gasteiger partial charge is 0.408 e. The molecule has 0 saturated heterocycles. The van der Waals surface area contributed by atoms with Gasteiger partial charge < -0.3 is 13.9 Å². The van der Waals surface area contributed by atoms with Gasteiger partial charge in [0.05, 0.1) is 60.9 Å². The maximum absolute atomic E-state index is 13.3. The molecule has 290 valence electrons. The highest BCUT2D eigenvalue weighted by Crippen LogP contribution is 2.33. The standard InChI is InChI=1S/C18H14F3N7O.C18H12F3N5O2/c19-11-3-1-10(2-4-11)16-17(27(9-24-16)8-14(20)21)12-5-6-15-23-7-13(18(29)25-22)28(15)26-12;19-12-3-1-11(2-4-12)17-18(25(9-23-17)8-14(20)21)13-5-6-15-22-7-16(28-10-27)26(15)24-13/h1-7,9,14H,8,22H2,(H,25,29);1-7,9-10,14H,8H2. The molecule has 0 aliphatic carbocycles. The normalized spacial score (nSPS) is 11.3. The molecule has 21 heteroatoms. The van der Waals surface area contributed by atoms with Crippen molar-refractivity contribution in [3.05, 3.63) is 115 Å². The minimum Gasteiger partial charge on any atom is -0.408 e. The number of hydrogen-bond donors (Lipinski definition) is 2. The lowest BCUT2D eigenvalue weighted by molar-refractivity contribution is -0.121. The van der Waals surface area contributed by atoms with Gasteiger partial charge in [0.25, 0.3) is 25.2 Å². The molecule has 0 radical (unpaired) electrons. The SMILES string of the molecule is NNC(=O)c1cnc2ccc(-c3c(-c4ccc(F)cc4)ncn3CC(F)F)nn12.O=COc1cnc2ccc(-c3c(-c4ccc(F)cc4)ncn3CC(F)F)nn12. The van der Waals surface area contributed by atoms with Crippen LogP contribution in [0.4, 0.5) is 26.3 Å². The van der Waals surface area contributed by atoms with Crippen molar-refractivity contribution in [3.63, 3.8) is 0 Å². The lowest BCUT2D eigenvalue weighted by atomic mass is 10.1. The Morgan fingerprint density at radius 3 is 1.63 bits per heavy atom. The summed E-state index contributed by atoms with van der Waals surface area (Å²) < 4.78 is 88.8. The number of aromatic nitrogens is 10. The molecule has 2 aromatic carbocycles. The molecule has 6 aromatic heterocycles. The molecule has 0 aliphatic rings. The van der Waals surface area contributed by atoms with Crippen LogP contribution in [0.15, 0.2) is 97.8 Å².